The third kappa shape index (κ3) is 1.57. The monoisotopic (exact) mass is 269 g/mol. The first-order chi connectivity index (χ1) is 4.24. The van der Waals surface area contributed by atoms with Gasteiger partial charge in [-0.25, -0.2) is 0 Å². The van der Waals surface area contributed by atoms with Gasteiger partial charge in [-0.3, -0.25) is 0 Å². The predicted octanol–water partition coefficient (Wildman–Crippen LogP) is 2.88. The molecule has 1 heterocycles. The summed E-state index contributed by atoms with van der Waals surface area (Å²) in [5, 5.41) is 8.40. The molecule has 0 N–H and O–H groups in total. The number of nitrogens with zero attached hydrogens (tertiary/aromatic N) is 1. The van der Waals surface area contributed by atoms with Gasteiger partial charge in [-0.1, -0.05) is 11.6 Å². The average molecular weight is 269 g/mol. The van der Waals surface area contributed by atoms with Gasteiger partial charge in [-0.05, 0) is 28.7 Å². The molecule has 0 amide bonds. The average Bonchev–Trinajstić information content (AvgIpc) is 2.10. The van der Waals surface area contributed by atoms with Crippen molar-refractivity contribution >= 4 is 45.5 Å². The molecule has 1 aromatic rings. The fraction of sp³-hybridized carbons (Fsp3) is 0. The second-order valence-electron chi connectivity index (χ2n) is 1.35. The van der Waals surface area contributed by atoms with Gasteiger partial charge < -0.3 is 0 Å². The van der Waals surface area contributed by atoms with Crippen molar-refractivity contribution in [2.45, 2.75) is 0 Å². The van der Waals surface area contributed by atoms with Gasteiger partial charge in [0.2, 0.25) is 0 Å². The van der Waals surface area contributed by atoms with Crippen LogP contribution in [0.25, 0.3) is 0 Å². The first kappa shape index (κ1) is 7.32. The summed E-state index contributed by atoms with van der Waals surface area (Å²) in [7, 11) is 0. The van der Waals surface area contributed by atoms with Gasteiger partial charge in [0.05, 0.1) is 8.45 Å². The van der Waals surface area contributed by atoms with Crippen LogP contribution in [0.15, 0.2) is 6.07 Å². The van der Waals surface area contributed by atoms with Crippen molar-refractivity contribution in [3.05, 3.63) is 18.9 Å². The van der Waals surface area contributed by atoms with Crippen LogP contribution in [0.1, 0.15) is 5.56 Å². The molecule has 0 aromatic carbocycles. The normalized spacial score (nSPS) is 9.00. The maximum Gasteiger partial charge on any atom is 0.112 e. The highest BCUT2D eigenvalue weighted by atomic mass is 127. The van der Waals surface area contributed by atoms with Crippen molar-refractivity contribution in [1.29, 1.82) is 5.26 Å². The molecule has 4 heteroatoms. The lowest BCUT2D eigenvalue weighted by molar-refractivity contribution is 1.51. The summed E-state index contributed by atoms with van der Waals surface area (Å²) >= 11 is 9.19. The molecule has 1 aromatic heterocycles. The first-order valence-electron chi connectivity index (χ1n) is 2.09. The van der Waals surface area contributed by atoms with Gasteiger partial charge in [0, 0.05) is 0 Å². The highest BCUT2D eigenvalue weighted by Crippen LogP contribution is 2.27. The number of rotatable bonds is 0. The van der Waals surface area contributed by atoms with E-state index in [4.69, 9.17) is 16.9 Å². The number of halogens is 2. The summed E-state index contributed by atoms with van der Waals surface area (Å²) in [6.07, 6.45) is 0. The van der Waals surface area contributed by atoms with Crippen LogP contribution in [0, 0.1) is 14.2 Å². The molecule has 0 fully saturated rings. The van der Waals surface area contributed by atoms with E-state index in [1.807, 2.05) is 6.07 Å². The number of thiophene rings is 1. The van der Waals surface area contributed by atoms with E-state index < -0.39 is 0 Å². The Kier molecular flexibility index (Phi) is 2.33. The molecule has 1 rings (SSSR count). The quantitative estimate of drug-likeness (QED) is 0.664. The summed E-state index contributed by atoms with van der Waals surface area (Å²) in [6, 6.07) is 3.76. The summed E-state index contributed by atoms with van der Waals surface area (Å²) in [5.74, 6) is 0. The molecule has 0 aliphatic rings. The van der Waals surface area contributed by atoms with Crippen LogP contribution in [-0.2, 0) is 0 Å². The Bertz CT molecular complexity index is 262. The minimum absolute atomic E-state index is 0.575. The maximum atomic E-state index is 8.40. The topological polar surface area (TPSA) is 23.8 Å². The lowest BCUT2D eigenvalue weighted by Crippen LogP contribution is -1.61. The van der Waals surface area contributed by atoms with E-state index in [0.717, 1.165) is 2.88 Å². The minimum atomic E-state index is 0.575. The van der Waals surface area contributed by atoms with Crippen LogP contribution >= 0.6 is 45.5 Å². The van der Waals surface area contributed by atoms with Crippen molar-refractivity contribution < 1.29 is 0 Å². The Labute approximate surface area is 75.4 Å². The third-order valence-electron chi connectivity index (χ3n) is 0.777. The van der Waals surface area contributed by atoms with Crippen LogP contribution < -0.4 is 0 Å². The zero-order chi connectivity index (χ0) is 6.85. The Balaban J connectivity index is 3.20. The second-order valence-corrected chi connectivity index (χ2v) is 4.90. The molecule has 0 atom stereocenters. The molecule has 46 valence electrons. The zero-order valence-electron chi connectivity index (χ0n) is 4.19. The van der Waals surface area contributed by atoms with Crippen LogP contribution in [0.2, 0.25) is 4.34 Å². The molecule has 1 nitrogen and oxygen atoms in total. The molecular weight excluding hydrogens is 268 g/mol. The van der Waals surface area contributed by atoms with Crippen molar-refractivity contribution in [2.24, 2.45) is 0 Å². The van der Waals surface area contributed by atoms with Gasteiger partial charge in [0.1, 0.15) is 10.4 Å². The third-order valence-corrected chi connectivity index (χ3v) is 2.90. The summed E-state index contributed by atoms with van der Waals surface area (Å²) in [4.78, 5) is 0. The Morgan fingerprint density at radius 2 is 2.44 bits per heavy atom. The van der Waals surface area contributed by atoms with Gasteiger partial charge >= 0.3 is 0 Å². The van der Waals surface area contributed by atoms with E-state index in [9.17, 15) is 0 Å². The van der Waals surface area contributed by atoms with E-state index in [1.165, 1.54) is 11.3 Å². The number of hydrogen-bond donors (Lipinski definition) is 0. The Morgan fingerprint density at radius 3 is 2.67 bits per heavy atom. The van der Waals surface area contributed by atoms with E-state index >= 15 is 0 Å². The molecule has 0 aliphatic carbocycles. The molecule has 0 spiro atoms. The SMILES string of the molecule is N#Cc1cc(I)sc1Cl. The molecule has 9 heavy (non-hydrogen) atoms. The fourth-order valence-electron chi connectivity index (χ4n) is 0.416. The largest absolute Gasteiger partial charge is 0.192 e. The molecule has 0 unspecified atom stereocenters. The van der Waals surface area contributed by atoms with E-state index in [-0.39, 0.29) is 0 Å². The Morgan fingerprint density at radius 1 is 1.78 bits per heavy atom. The minimum Gasteiger partial charge on any atom is -0.192 e. The molecule has 0 saturated heterocycles. The maximum absolute atomic E-state index is 8.40. The first-order valence-corrected chi connectivity index (χ1v) is 4.36. The van der Waals surface area contributed by atoms with Gasteiger partial charge in [-0.2, -0.15) is 5.26 Å². The van der Waals surface area contributed by atoms with Crippen LogP contribution in [-0.4, -0.2) is 0 Å². The van der Waals surface area contributed by atoms with Crippen molar-refractivity contribution in [1.82, 2.24) is 0 Å². The lowest BCUT2D eigenvalue weighted by Gasteiger charge is -1.73. The molecule has 0 saturated carbocycles. The molecule has 0 radical (unpaired) electrons. The summed E-state index contributed by atoms with van der Waals surface area (Å²) in [5.41, 5.74) is 0.575. The standard InChI is InChI=1S/C5HClINS/c6-5-3(2-8)1-4(7)9-5/h1H. The van der Waals surface area contributed by atoms with Crippen LogP contribution in [0.5, 0.6) is 0 Å². The molecule has 0 aliphatic heterocycles. The van der Waals surface area contributed by atoms with E-state index in [2.05, 4.69) is 22.6 Å². The van der Waals surface area contributed by atoms with E-state index in [1.54, 1.807) is 6.07 Å². The van der Waals surface area contributed by atoms with Crippen molar-refractivity contribution in [2.75, 3.05) is 0 Å². The highest BCUT2D eigenvalue weighted by molar-refractivity contribution is 14.1. The van der Waals surface area contributed by atoms with Crippen LogP contribution in [0.4, 0.5) is 0 Å². The van der Waals surface area contributed by atoms with Crippen molar-refractivity contribution in [3.63, 3.8) is 0 Å². The van der Waals surface area contributed by atoms with Gasteiger partial charge in [-0.15, -0.1) is 11.3 Å². The zero-order valence-corrected chi connectivity index (χ0v) is 7.92. The summed E-state index contributed by atoms with van der Waals surface area (Å²) in [6.45, 7) is 0. The van der Waals surface area contributed by atoms with Gasteiger partial charge in [0.25, 0.3) is 0 Å². The Hall–Kier alpha value is 0.210. The highest BCUT2D eigenvalue weighted by Gasteiger charge is 2.02. The van der Waals surface area contributed by atoms with Gasteiger partial charge in [0.15, 0.2) is 0 Å². The summed E-state index contributed by atoms with van der Waals surface area (Å²) < 4.78 is 1.64. The smallest absolute Gasteiger partial charge is 0.112 e. The molecule has 0 bridgehead atoms. The predicted molar refractivity (Wildman–Crippen MR) is 46.8 cm³/mol. The molecular formula is C5HClINS. The number of nitriles is 1. The van der Waals surface area contributed by atoms with Crippen LogP contribution in [0.3, 0.4) is 0 Å². The van der Waals surface area contributed by atoms with E-state index in [0.29, 0.717) is 9.90 Å². The number of hydrogen-bond acceptors (Lipinski definition) is 2. The lowest BCUT2D eigenvalue weighted by atomic mass is 10.4. The second kappa shape index (κ2) is 2.86. The fourth-order valence-corrected chi connectivity index (χ4v) is 2.69. The van der Waals surface area contributed by atoms with Crippen molar-refractivity contribution in [3.8, 4) is 6.07 Å².